The Morgan fingerprint density at radius 3 is 1.54 bits per heavy atom. The van der Waals surface area contributed by atoms with Gasteiger partial charge in [-0.3, -0.25) is 47.4 Å². The normalized spacial score (nSPS) is 23.6. The first kappa shape index (κ1) is 68.6. The number of aliphatic hydroxyl groups is 2. The molecule has 9 heterocycles. The van der Waals surface area contributed by atoms with Gasteiger partial charge in [0.1, 0.15) is 55.0 Å². The van der Waals surface area contributed by atoms with Crippen molar-refractivity contribution in [3.8, 4) is 12.3 Å². The number of nitrogens with zero attached hydrogens (tertiary/aromatic N) is 12. The fourth-order valence-electron chi connectivity index (χ4n) is 11.0. The molecule has 12 atom stereocenters. The van der Waals surface area contributed by atoms with E-state index in [1.807, 2.05) is 26.0 Å². The number of amides is 2. The zero-order valence-corrected chi connectivity index (χ0v) is 52.2. The van der Waals surface area contributed by atoms with Gasteiger partial charge in [-0.05, 0) is 70.3 Å². The van der Waals surface area contributed by atoms with Gasteiger partial charge in [0.15, 0.2) is 0 Å². The van der Waals surface area contributed by atoms with Gasteiger partial charge in [-0.2, -0.15) is 9.97 Å². The molecule has 4 aliphatic heterocycles. The van der Waals surface area contributed by atoms with E-state index in [-0.39, 0.29) is 87.0 Å². The zero-order valence-electron chi connectivity index (χ0n) is 52.2. The number of aromatic amines is 2. The second-order valence-electron chi connectivity index (χ2n) is 22.7. The summed E-state index contributed by atoms with van der Waals surface area (Å²) in [5.41, 5.74) is 8.55. The molecule has 7 aromatic rings. The topological polar surface area (TPSA) is 413 Å². The highest BCUT2D eigenvalue weighted by Gasteiger charge is 2.40. The molecule has 2 amide bonds. The molecule has 2 aromatic carbocycles. The molecular formula is C62H72N16O16. The van der Waals surface area contributed by atoms with E-state index in [0.717, 1.165) is 6.42 Å². The number of aryl methyl sites for hydroxylation is 4. The molecule has 0 radical (unpaired) electrons. The Morgan fingerprint density at radius 1 is 0.638 bits per heavy atom. The fourth-order valence-corrected chi connectivity index (χ4v) is 11.0. The summed E-state index contributed by atoms with van der Waals surface area (Å²) in [6.45, 7) is 11.2. The van der Waals surface area contributed by atoms with E-state index in [4.69, 9.17) is 40.4 Å². The number of rotatable bonds is 19. The number of aliphatic hydroxyl groups excluding tert-OH is 2. The smallest absolute Gasteiger partial charge is 0.351 e. The summed E-state index contributed by atoms with van der Waals surface area (Å²) in [6, 6.07) is 17.4. The van der Waals surface area contributed by atoms with Crippen LogP contribution in [-0.4, -0.2) is 137 Å². The molecule has 4 saturated heterocycles. The molecule has 496 valence electrons. The number of carbonyl (C=O) groups excluding carboxylic acids is 2. The average Bonchev–Trinajstić information content (AvgIpc) is 1.60. The molecular weight excluding hydrogens is 1220 g/mol. The van der Waals surface area contributed by atoms with Crippen LogP contribution >= 0.6 is 0 Å². The van der Waals surface area contributed by atoms with Gasteiger partial charge in [-0.25, -0.2) is 23.9 Å². The molecule has 0 saturated carbocycles. The first-order valence-corrected chi connectivity index (χ1v) is 30.3. The summed E-state index contributed by atoms with van der Waals surface area (Å²) < 4.78 is 42.3. The molecule has 4 unspecified atom stereocenters. The minimum Gasteiger partial charge on any atom is -0.390 e. The lowest BCUT2D eigenvalue weighted by molar-refractivity contribution is -0.0453. The van der Waals surface area contributed by atoms with Crippen molar-refractivity contribution in [3.63, 3.8) is 0 Å². The van der Waals surface area contributed by atoms with E-state index < -0.39 is 83.2 Å². The fraction of sp³-hybridized carbons (Fsp3) is 0.452. The third-order valence-electron chi connectivity index (χ3n) is 16.0. The van der Waals surface area contributed by atoms with Crippen molar-refractivity contribution in [1.29, 1.82) is 0 Å². The lowest BCUT2D eigenvalue weighted by atomic mass is 10.1. The number of anilines is 2. The van der Waals surface area contributed by atoms with Gasteiger partial charge < -0.3 is 49.3 Å². The number of terminal acetylenes is 1. The van der Waals surface area contributed by atoms with Crippen molar-refractivity contribution in [3.05, 3.63) is 204 Å². The third kappa shape index (κ3) is 16.7. The van der Waals surface area contributed by atoms with Crippen LogP contribution in [0.15, 0.2) is 126 Å². The molecule has 4 aliphatic rings. The van der Waals surface area contributed by atoms with Crippen molar-refractivity contribution >= 4 is 23.5 Å². The van der Waals surface area contributed by atoms with Crippen LogP contribution in [0.2, 0.25) is 0 Å². The Hall–Kier alpha value is -9.81. The Kier molecular flexibility index (Phi) is 22.8. The van der Waals surface area contributed by atoms with Crippen LogP contribution in [0.25, 0.3) is 10.4 Å². The summed E-state index contributed by atoms with van der Waals surface area (Å²) in [6.07, 6.45) is 9.28. The number of aromatic nitrogens is 11. The van der Waals surface area contributed by atoms with Crippen LogP contribution in [0.5, 0.6) is 0 Å². The van der Waals surface area contributed by atoms with E-state index in [2.05, 4.69) is 56.8 Å². The maximum absolute atomic E-state index is 13.0. The van der Waals surface area contributed by atoms with Crippen molar-refractivity contribution in [2.75, 3.05) is 23.8 Å². The lowest BCUT2D eigenvalue weighted by Crippen LogP contribution is -2.33. The molecule has 0 spiro atoms. The number of ether oxygens (including phenoxy) is 6. The highest BCUT2D eigenvalue weighted by atomic mass is 16.6. The first-order chi connectivity index (χ1) is 45.1. The van der Waals surface area contributed by atoms with Crippen molar-refractivity contribution in [2.45, 2.75) is 167 Å². The summed E-state index contributed by atoms with van der Waals surface area (Å²) in [4.78, 5) is 113. The van der Waals surface area contributed by atoms with E-state index >= 15 is 0 Å². The summed E-state index contributed by atoms with van der Waals surface area (Å²) in [5, 5.41) is 37.4. The number of hydrogen-bond acceptors (Lipinski definition) is 21. The van der Waals surface area contributed by atoms with Crippen molar-refractivity contribution in [1.82, 2.24) is 53.2 Å². The second-order valence-corrected chi connectivity index (χ2v) is 22.7. The number of H-pyrrole nitrogens is 2. The minimum atomic E-state index is -0.864. The van der Waals surface area contributed by atoms with Crippen LogP contribution in [-0.2, 0) is 41.6 Å². The molecule has 32 heteroatoms. The van der Waals surface area contributed by atoms with Crippen molar-refractivity contribution in [2.24, 2.45) is 5.11 Å². The van der Waals surface area contributed by atoms with Crippen LogP contribution < -0.4 is 44.5 Å². The molecule has 32 nitrogen and oxygen atoms in total. The molecule has 0 aliphatic carbocycles. The Labute approximate surface area is 535 Å². The Balaban J connectivity index is 0.000000186. The standard InChI is InChI=1S/C31H36N8O8.C21H23N3O4.C10H13N5O4/c1-4-22-23(11-26(46-22)38-12-17(2)27(33-30(38)43)32-29(42)19-8-6-5-7-9-19)45-16-20-14-37(36-35-20)15-24-21(40)10-25(47-24)39-13-18(3)28(41)34-31(39)44;1-4-11-27-17-12-18(28-16(17)5-2)24-13-14(3)19(23-21(24)26)22-20(25)15-9-7-6-8-10-15;1-5-4-15(10(18)13-9(5)17)8-2-6(16)7(19-8)3-12-14-11/h5-9,12-14,21-26,40H,4,10-11,15-16H2,1-3H3,(H,34,41,44)(H,32,33,42,43);1,6-10,13,16-18H,5,11-12H2,2-3H3,(H,22,23,25,26);4,6-8,16H,2-3H2,1H3,(H,13,17,18)/t21?,22-,23?,24-,25-,26-;16-,17?,18-;6?,7-,8-/m111/s1. The summed E-state index contributed by atoms with van der Waals surface area (Å²) in [7, 11) is 0. The van der Waals surface area contributed by atoms with Gasteiger partial charge in [0, 0.05) is 88.8 Å². The highest BCUT2D eigenvalue weighted by Crippen LogP contribution is 2.35. The van der Waals surface area contributed by atoms with Gasteiger partial charge >= 0.3 is 22.8 Å². The number of nitrogens with one attached hydrogen (secondary N) is 4. The number of hydrogen-bond donors (Lipinski definition) is 6. The quantitative estimate of drug-likeness (QED) is 0.0292. The summed E-state index contributed by atoms with van der Waals surface area (Å²) >= 11 is 0. The number of carbonyl (C=O) groups is 2. The predicted molar refractivity (Wildman–Crippen MR) is 335 cm³/mol. The first-order valence-electron chi connectivity index (χ1n) is 30.3. The second kappa shape index (κ2) is 31.2. The molecule has 6 N–H and O–H groups in total. The SMILES string of the molecule is C#CCOC1C[C@H](n2cc(C)c(NC(=O)c3ccccc3)nc2=O)O[C@@H]1CC.CC[C@H]1O[C@@H](n2cc(C)c(NC(=O)c3ccccc3)nc2=O)CC1OCc1cn(C[C@H]2O[C@@H](n3cc(C)c(=O)[nH]c3=O)CC2O)nn1.Cc1cn([C@H]2CC(O)[C@@H](CN=[N+]=[N-])O2)c(=O)[nH]c1=O. The van der Waals surface area contributed by atoms with E-state index in [0.29, 0.717) is 58.3 Å². The largest absolute Gasteiger partial charge is 0.390 e. The molecule has 11 rings (SSSR count). The Bertz CT molecular complexity index is 4290. The van der Waals surface area contributed by atoms with Gasteiger partial charge in [0.25, 0.3) is 22.9 Å². The number of benzene rings is 2. The van der Waals surface area contributed by atoms with E-state index in [1.54, 1.807) is 94.8 Å². The van der Waals surface area contributed by atoms with Crippen LogP contribution in [0.1, 0.15) is 126 Å². The van der Waals surface area contributed by atoms with Gasteiger partial charge in [0.05, 0.1) is 68.6 Å². The highest BCUT2D eigenvalue weighted by molar-refractivity contribution is 6.04. The molecule has 94 heavy (non-hydrogen) atoms. The van der Waals surface area contributed by atoms with E-state index in [9.17, 15) is 48.6 Å². The summed E-state index contributed by atoms with van der Waals surface area (Å²) in [5.74, 6) is 2.20. The Morgan fingerprint density at radius 2 is 1.07 bits per heavy atom. The van der Waals surface area contributed by atoms with E-state index in [1.165, 1.54) is 35.3 Å². The van der Waals surface area contributed by atoms with Crippen LogP contribution in [0.3, 0.4) is 0 Å². The van der Waals surface area contributed by atoms with Gasteiger partial charge in [0.2, 0.25) is 0 Å². The minimum absolute atomic E-state index is 0.00868. The average molecular weight is 1300 g/mol. The van der Waals surface area contributed by atoms with Gasteiger partial charge in [-0.15, -0.1) is 11.5 Å². The van der Waals surface area contributed by atoms with Crippen molar-refractivity contribution < 1.29 is 48.2 Å². The maximum atomic E-state index is 13.0. The molecule has 4 fully saturated rings. The zero-order chi connectivity index (χ0) is 67.3. The molecule has 5 aromatic heterocycles. The maximum Gasteiger partial charge on any atom is 0.351 e. The van der Waals surface area contributed by atoms with Crippen LogP contribution in [0, 0.1) is 40.0 Å². The molecule has 0 bridgehead atoms. The lowest BCUT2D eigenvalue weighted by Gasteiger charge is -2.17. The monoisotopic (exact) mass is 1300 g/mol. The predicted octanol–water partition coefficient (Wildman–Crippen LogP) is 3.51. The van der Waals surface area contributed by atoms with Gasteiger partial charge in [-0.1, -0.05) is 66.5 Å². The number of azide groups is 1. The van der Waals surface area contributed by atoms with Crippen LogP contribution in [0.4, 0.5) is 11.6 Å². The third-order valence-corrected chi connectivity index (χ3v) is 16.0.